The molecular weight excluding hydrogens is 401 g/mol. The summed E-state index contributed by atoms with van der Waals surface area (Å²) in [6.07, 6.45) is 3.37. The average Bonchev–Trinajstić information content (AvgIpc) is 3.42. The van der Waals surface area contributed by atoms with Crippen LogP contribution in [0.4, 0.5) is 0 Å². The average molecular weight is 420 g/mol. The highest BCUT2D eigenvalue weighted by atomic mass is 35.5. The summed E-state index contributed by atoms with van der Waals surface area (Å²) in [4.78, 5) is 14.7. The number of benzene rings is 1. The predicted molar refractivity (Wildman–Crippen MR) is 106 cm³/mol. The molecule has 1 atom stereocenters. The van der Waals surface area contributed by atoms with Crippen LogP contribution in [-0.4, -0.2) is 28.6 Å². The van der Waals surface area contributed by atoms with Gasteiger partial charge >= 0.3 is 0 Å². The van der Waals surface area contributed by atoms with Crippen LogP contribution in [0.15, 0.2) is 51.6 Å². The van der Waals surface area contributed by atoms with Crippen molar-refractivity contribution in [1.82, 2.24) is 15.4 Å². The first-order chi connectivity index (χ1) is 13.6. The quantitative estimate of drug-likeness (QED) is 0.635. The van der Waals surface area contributed by atoms with E-state index in [1.165, 1.54) is 0 Å². The van der Waals surface area contributed by atoms with Crippen molar-refractivity contribution in [3.8, 4) is 11.3 Å². The van der Waals surface area contributed by atoms with Gasteiger partial charge in [-0.2, -0.15) is 0 Å². The molecule has 1 N–H and O–H groups in total. The molecule has 0 unspecified atom stereocenters. The highest BCUT2D eigenvalue weighted by molar-refractivity contribution is 6.36. The lowest BCUT2D eigenvalue weighted by Gasteiger charge is -2.22. The molecule has 0 spiro atoms. The van der Waals surface area contributed by atoms with E-state index in [-0.39, 0.29) is 11.9 Å². The summed E-state index contributed by atoms with van der Waals surface area (Å²) in [5.41, 5.74) is 1.41. The number of hydrogen-bond donors (Lipinski definition) is 1. The standard InChI is InChI=1S/C20H19Cl2N3O3/c21-13-5-6-16(17(22)9-13)18-10-15(28-24-18)12-25-7-1-4-19(25)20(26)23-11-14-3-2-8-27-14/h2-3,5-6,8-10,19H,1,4,7,11-12H2,(H,23,26)/t19-/m1/s1. The van der Waals surface area contributed by atoms with Crippen molar-refractivity contribution in [2.75, 3.05) is 6.54 Å². The molecule has 3 heterocycles. The topological polar surface area (TPSA) is 71.5 Å². The number of carbonyl (C=O) groups is 1. The van der Waals surface area contributed by atoms with Crippen LogP contribution in [0.1, 0.15) is 24.4 Å². The summed E-state index contributed by atoms with van der Waals surface area (Å²) < 4.78 is 10.7. The van der Waals surface area contributed by atoms with Gasteiger partial charge in [0.1, 0.15) is 11.5 Å². The molecule has 1 fully saturated rings. The maximum Gasteiger partial charge on any atom is 0.237 e. The molecule has 146 valence electrons. The molecule has 4 rings (SSSR count). The highest BCUT2D eigenvalue weighted by Crippen LogP contribution is 2.30. The van der Waals surface area contributed by atoms with E-state index in [0.717, 1.165) is 30.7 Å². The van der Waals surface area contributed by atoms with Crippen molar-refractivity contribution in [3.63, 3.8) is 0 Å². The van der Waals surface area contributed by atoms with Gasteiger partial charge in [0.15, 0.2) is 5.76 Å². The first kappa shape index (κ1) is 19.1. The van der Waals surface area contributed by atoms with Gasteiger partial charge in [-0.25, -0.2) is 0 Å². The molecular formula is C20H19Cl2N3O3. The Kier molecular flexibility index (Phi) is 5.71. The third kappa shape index (κ3) is 4.24. The molecule has 1 aromatic carbocycles. The van der Waals surface area contributed by atoms with Gasteiger partial charge in [-0.3, -0.25) is 9.69 Å². The van der Waals surface area contributed by atoms with Crippen LogP contribution in [0, 0.1) is 0 Å². The van der Waals surface area contributed by atoms with Crippen molar-refractivity contribution >= 4 is 29.1 Å². The molecule has 0 bridgehead atoms. The molecule has 1 amide bonds. The molecule has 8 heteroatoms. The zero-order valence-corrected chi connectivity index (χ0v) is 16.5. The van der Waals surface area contributed by atoms with E-state index in [9.17, 15) is 4.79 Å². The predicted octanol–water partition coefficient (Wildman–Crippen LogP) is 4.52. The summed E-state index contributed by atoms with van der Waals surface area (Å²) in [5.74, 6) is 1.42. The monoisotopic (exact) mass is 419 g/mol. The van der Waals surface area contributed by atoms with Crippen LogP contribution in [-0.2, 0) is 17.9 Å². The molecule has 2 aromatic heterocycles. The minimum absolute atomic E-state index is 0.00520. The fourth-order valence-corrected chi connectivity index (χ4v) is 3.93. The smallest absolute Gasteiger partial charge is 0.237 e. The fourth-order valence-electron chi connectivity index (χ4n) is 3.43. The zero-order valence-electron chi connectivity index (χ0n) is 15.0. The number of likely N-dealkylation sites (tertiary alicyclic amines) is 1. The molecule has 0 saturated carbocycles. The summed E-state index contributed by atoms with van der Waals surface area (Å²) in [6.45, 7) is 1.73. The van der Waals surface area contributed by atoms with E-state index < -0.39 is 0 Å². The SMILES string of the molecule is O=C(NCc1ccco1)[C@H]1CCCN1Cc1cc(-c2ccc(Cl)cc2Cl)no1. The first-order valence-corrected chi connectivity index (χ1v) is 9.81. The highest BCUT2D eigenvalue weighted by Gasteiger charge is 2.31. The van der Waals surface area contributed by atoms with Gasteiger partial charge < -0.3 is 14.3 Å². The van der Waals surface area contributed by atoms with E-state index in [0.29, 0.717) is 34.6 Å². The molecule has 0 radical (unpaired) electrons. The Morgan fingerprint density at radius 3 is 2.93 bits per heavy atom. The lowest BCUT2D eigenvalue weighted by atomic mass is 10.1. The summed E-state index contributed by atoms with van der Waals surface area (Å²) >= 11 is 12.2. The lowest BCUT2D eigenvalue weighted by molar-refractivity contribution is -0.126. The molecule has 3 aromatic rings. The number of nitrogens with one attached hydrogen (secondary N) is 1. The largest absolute Gasteiger partial charge is 0.467 e. The lowest BCUT2D eigenvalue weighted by Crippen LogP contribution is -2.42. The molecule has 1 saturated heterocycles. The Bertz CT molecular complexity index is 956. The van der Waals surface area contributed by atoms with E-state index in [1.807, 2.05) is 18.2 Å². The minimum atomic E-state index is -0.192. The number of halogens is 2. The number of carbonyl (C=O) groups excluding carboxylic acids is 1. The van der Waals surface area contributed by atoms with Crippen molar-refractivity contribution < 1.29 is 13.7 Å². The van der Waals surface area contributed by atoms with Crippen LogP contribution in [0.25, 0.3) is 11.3 Å². The van der Waals surface area contributed by atoms with Crippen LogP contribution in [0.5, 0.6) is 0 Å². The van der Waals surface area contributed by atoms with Gasteiger partial charge in [0.25, 0.3) is 0 Å². The van der Waals surface area contributed by atoms with Gasteiger partial charge in [-0.05, 0) is 49.7 Å². The van der Waals surface area contributed by atoms with Crippen molar-refractivity contribution in [1.29, 1.82) is 0 Å². The Morgan fingerprint density at radius 1 is 1.25 bits per heavy atom. The number of furan rings is 1. The maximum atomic E-state index is 12.6. The van der Waals surface area contributed by atoms with Gasteiger partial charge in [-0.15, -0.1) is 0 Å². The van der Waals surface area contributed by atoms with E-state index in [2.05, 4.69) is 15.4 Å². The molecule has 6 nitrogen and oxygen atoms in total. The molecule has 1 aliphatic heterocycles. The second-order valence-corrected chi connectivity index (χ2v) is 7.57. The number of aromatic nitrogens is 1. The van der Waals surface area contributed by atoms with Crippen molar-refractivity contribution in [2.24, 2.45) is 0 Å². The van der Waals surface area contributed by atoms with Gasteiger partial charge in [0, 0.05) is 16.7 Å². The Hall–Kier alpha value is -2.28. The first-order valence-electron chi connectivity index (χ1n) is 9.05. The number of amides is 1. The second-order valence-electron chi connectivity index (χ2n) is 6.73. The molecule has 0 aliphatic carbocycles. The van der Waals surface area contributed by atoms with Crippen LogP contribution < -0.4 is 5.32 Å². The van der Waals surface area contributed by atoms with Crippen LogP contribution in [0.2, 0.25) is 10.0 Å². The third-order valence-electron chi connectivity index (χ3n) is 4.81. The summed E-state index contributed by atoms with van der Waals surface area (Å²) in [5, 5.41) is 8.14. The van der Waals surface area contributed by atoms with Gasteiger partial charge in [0.05, 0.1) is 30.4 Å². The maximum absolute atomic E-state index is 12.6. The summed E-state index contributed by atoms with van der Waals surface area (Å²) in [6, 6.07) is 10.5. The van der Waals surface area contributed by atoms with Gasteiger partial charge in [-0.1, -0.05) is 28.4 Å². The van der Waals surface area contributed by atoms with E-state index in [4.69, 9.17) is 32.1 Å². The minimum Gasteiger partial charge on any atom is -0.467 e. The van der Waals surface area contributed by atoms with E-state index >= 15 is 0 Å². The fraction of sp³-hybridized carbons (Fsp3) is 0.300. The number of rotatable bonds is 6. The third-order valence-corrected chi connectivity index (χ3v) is 5.36. The second kappa shape index (κ2) is 8.39. The molecule has 1 aliphatic rings. The molecule has 28 heavy (non-hydrogen) atoms. The van der Waals surface area contributed by atoms with Crippen LogP contribution >= 0.6 is 23.2 Å². The number of nitrogens with zero attached hydrogens (tertiary/aromatic N) is 2. The van der Waals surface area contributed by atoms with Gasteiger partial charge in [0.2, 0.25) is 5.91 Å². The Labute approximate surface area is 172 Å². The Morgan fingerprint density at radius 2 is 2.14 bits per heavy atom. The normalized spacial score (nSPS) is 17.1. The van der Waals surface area contributed by atoms with Crippen LogP contribution in [0.3, 0.4) is 0 Å². The summed E-state index contributed by atoms with van der Waals surface area (Å²) in [7, 11) is 0. The Balaban J connectivity index is 1.40. The van der Waals surface area contributed by atoms with E-state index in [1.54, 1.807) is 24.5 Å². The number of hydrogen-bond acceptors (Lipinski definition) is 5. The van der Waals surface area contributed by atoms with Crippen molar-refractivity contribution in [2.45, 2.75) is 32.0 Å². The van der Waals surface area contributed by atoms with Crippen molar-refractivity contribution in [3.05, 3.63) is 64.2 Å². The zero-order chi connectivity index (χ0) is 19.5.